The van der Waals surface area contributed by atoms with Gasteiger partial charge in [0.25, 0.3) is 0 Å². The molecule has 0 unspecified atom stereocenters. The molecule has 7 nitrogen and oxygen atoms in total. The van der Waals surface area contributed by atoms with Gasteiger partial charge in [-0.25, -0.2) is 9.98 Å². The number of pyridine rings is 1. The predicted molar refractivity (Wildman–Crippen MR) is 115 cm³/mol. The lowest BCUT2D eigenvalue weighted by Crippen LogP contribution is -2.37. The van der Waals surface area contributed by atoms with Gasteiger partial charge in [-0.1, -0.05) is 30.3 Å². The Morgan fingerprint density at radius 3 is 2.53 bits per heavy atom. The summed E-state index contributed by atoms with van der Waals surface area (Å²) in [5.74, 6) is 0.459. The third-order valence-electron chi connectivity index (χ3n) is 4.43. The first kappa shape index (κ1) is 23.1. The first-order chi connectivity index (χ1) is 15.4. The van der Waals surface area contributed by atoms with E-state index in [-0.39, 0.29) is 12.4 Å². The summed E-state index contributed by atoms with van der Waals surface area (Å²) >= 11 is 0. The highest BCUT2D eigenvalue weighted by Crippen LogP contribution is 2.20. The van der Waals surface area contributed by atoms with Gasteiger partial charge in [-0.3, -0.25) is 4.68 Å². The minimum absolute atomic E-state index is 0.0750. The molecule has 2 aromatic heterocycles. The summed E-state index contributed by atoms with van der Waals surface area (Å²) in [5.41, 5.74) is 2.67. The van der Waals surface area contributed by atoms with Crippen LogP contribution in [0.25, 0.3) is 0 Å². The fraction of sp³-hybridized carbons (Fsp3) is 0.318. The van der Waals surface area contributed by atoms with Gasteiger partial charge in [0, 0.05) is 37.2 Å². The number of halogens is 3. The highest BCUT2D eigenvalue weighted by molar-refractivity contribution is 5.79. The Bertz CT molecular complexity index is 1000. The molecule has 0 aliphatic heterocycles. The molecule has 170 valence electrons. The molecule has 0 atom stereocenters. The molecule has 0 aliphatic carbocycles. The molecule has 0 fully saturated rings. The smallest absolute Gasteiger partial charge is 0.422 e. The van der Waals surface area contributed by atoms with Crippen molar-refractivity contribution >= 4 is 5.96 Å². The van der Waals surface area contributed by atoms with Crippen LogP contribution < -0.4 is 15.4 Å². The van der Waals surface area contributed by atoms with Gasteiger partial charge < -0.3 is 15.4 Å². The number of benzene rings is 1. The molecule has 3 rings (SSSR count). The molecule has 0 spiro atoms. The zero-order valence-electron chi connectivity index (χ0n) is 17.6. The molecule has 0 aliphatic rings. The second kappa shape index (κ2) is 11.2. The van der Waals surface area contributed by atoms with Gasteiger partial charge in [0.05, 0.1) is 13.1 Å². The molecule has 0 saturated carbocycles. The second-order valence-electron chi connectivity index (χ2n) is 6.89. The monoisotopic (exact) mass is 446 g/mol. The topological polar surface area (TPSA) is 76.4 Å². The lowest BCUT2D eigenvalue weighted by molar-refractivity contribution is -0.154. The average Bonchev–Trinajstić information content (AvgIpc) is 3.28. The van der Waals surface area contributed by atoms with Gasteiger partial charge in [-0.05, 0) is 30.2 Å². The van der Waals surface area contributed by atoms with E-state index in [1.165, 1.54) is 6.20 Å². The molecule has 10 heteroatoms. The number of hydrogen-bond donors (Lipinski definition) is 2. The normalized spacial score (nSPS) is 11.9. The van der Waals surface area contributed by atoms with Crippen molar-refractivity contribution in [2.75, 3.05) is 13.2 Å². The van der Waals surface area contributed by atoms with E-state index in [9.17, 15) is 13.2 Å². The Morgan fingerprint density at radius 2 is 1.81 bits per heavy atom. The van der Waals surface area contributed by atoms with E-state index in [2.05, 4.69) is 25.7 Å². The summed E-state index contributed by atoms with van der Waals surface area (Å²) in [7, 11) is 0. The van der Waals surface area contributed by atoms with Gasteiger partial charge in [0.2, 0.25) is 5.88 Å². The summed E-state index contributed by atoms with van der Waals surface area (Å²) in [6.45, 7) is 2.45. The second-order valence-corrected chi connectivity index (χ2v) is 6.89. The van der Waals surface area contributed by atoms with Gasteiger partial charge in [-0.2, -0.15) is 18.3 Å². The van der Waals surface area contributed by atoms with Crippen molar-refractivity contribution in [3.05, 3.63) is 77.7 Å². The van der Waals surface area contributed by atoms with Crippen LogP contribution in [0, 0.1) is 0 Å². The molecule has 0 saturated heterocycles. The van der Waals surface area contributed by atoms with Crippen molar-refractivity contribution < 1.29 is 17.9 Å². The fourth-order valence-electron chi connectivity index (χ4n) is 2.96. The minimum Gasteiger partial charge on any atom is -0.468 e. The quantitative estimate of drug-likeness (QED) is 0.389. The van der Waals surface area contributed by atoms with E-state index in [1.54, 1.807) is 18.3 Å². The zero-order valence-corrected chi connectivity index (χ0v) is 17.6. The van der Waals surface area contributed by atoms with Crippen molar-refractivity contribution in [3.63, 3.8) is 0 Å². The Balaban J connectivity index is 1.67. The SMILES string of the molecule is CCNC(=NCc1cccnc1OCC(F)(F)F)NCc1ccccc1Cn1cccn1. The van der Waals surface area contributed by atoms with Gasteiger partial charge in [0.15, 0.2) is 12.6 Å². The Morgan fingerprint density at radius 1 is 1.03 bits per heavy atom. The molecule has 0 amide bonds. The zero-order chi connectivity index (χ0) is 22.8. The van der Waals surface area contributed by atoms with Crippen molar-refractivity contribution in [3.8, 4) is 5.88 Å². The summed E-state index contributed by atoms with van der Waals surface area (Å²) in [6, 6.07) is 13.2. The molecule has 1 aromatic carbocycles. The van der Waals surface area contributed by atoms with E-state index in [0.717, 1.165) is 11.1 Å². The molecule has 32 heavy (non-hydrogen) atoms. The first-order valence-corrected chi connectivity index (χ1v) is 10.1. The molecule has 0 radical (unpaired) electrons. The molecule has 2 heterocycles. The van der Waals surface area contributed by atoms with Gasteiger partial charge in [-0.15, -0.1) is 0 Å². The van der Waals surface area contributed by atoms with E-state index < -0.39 is 12.8 Å². The molecule has 0 bridgehead atoms. The van der Waals surface area contributed by atoms with Crippen LogP contribution in [0.1, 0.15) is 23.6 Å². The van der Waals surface area contributed by atoms with Gasteiger partial charge in [0.1, 0.15) is 0 Å². The van der Waals surface area contributed by atoms with Crippen LogP contribution in [0.2, 0.25) is 0 Å². The van der Waals surface area contributed by atoms with Crippen LogP contribution in [0.4, 0.5) is 13.2 Å². The first-order valence-electron chi connectivity index (χ1n) is 10.1. The maximum Gasteiger partial charge on any atom is 0.422 e. The van der Waals surface area contributed by atoms with Crippen LogP contribution in [0.5, 0.6) is 5.88 Å². The maximum absolute atomic E-state index is 12.5. The standard InChI is InChI=1S/C22H25F3N6O/c1-2-26-21(29-14-18-9-5-10-27-20(18)32-16-22(23,24)25)28-13-17-7-3-4-8-19(17)15-31-12-6-11-30-31/h3-12H,2,13-16H2,1H3,(H2,26,28,29). The van der Waals surface area contributed by atoms with E-state index in [1.807, 2.05) is 48.1 Å². The predicted octanol–water partition coefficient (Wildman–Crippen LogP) is 3.52. The van der Waals surface area contributed by atoms with E-state index in [0.29, 0.717) is 31.2 Å². The van der Waals surface area contributed by atoms with Crippen molar-refractivity contribution in [1.82, 2.24) is 25.4 Å². The number of guanidine groups is 1. The molecular formula is C22H25F3N6O. The molecule has 3 aromatic rings. The van der Waals surface area contributed by atoms with Gasteiger partial charge >= 0.3 is 6.18 Å². The highest BCUT2D eigenvalue weighted by Gasteiger charge is 2.29. The van der Waals surface area contributed by atoms with Crippen molar-refractivity contribution in [2.24, 2.45) is 4.99 Å². The summed E-state index contributed by atoms with van der Waals surface area (Å²) in [4.78, 5) is 8.39. The lowest BCUT2D eigenvalue weighted by Gasteiger charge is -2.15. The number of nitrogens with zero attached hydrogens (tertiary/aromatic N) is 4. The average molecular weight is 446 g/mol. The summed E-state index contributed by atoms with van der Waals surface area (Å²) in [5, 5.41) is 10.7. The largest absolute Gasteiger partial charge is 0.468 e. The number of aliphatic imine (C=N–C) groups is 1. The van der Waals surface area contributed by atoms with Crippen LogP contribution in [0.3, 0.4) is 0 Å². The Kier molecular flexibility index (Phi) is 8.07. The number of alkyl halides is 3. The number of rotatable bonds is 9. The van der Waals surface area contributed by atoms with E-state index >= 15 is 0 Å². The Labute approximate surface area is 184 Å². The summed E-state index contributed by atoms with van der Waals surface area (Å²) in [6.07, 6.45) is 0.598. The van der Waals surface area contributed by atoms with Crippen LogP contribution in [-0.4, -0.2) is 40.1 Å². The third kappa shape index (κ3) is 7.29. The van der Waals surface area contributed by atoms with Crippen LogP contribution in [0.15, 0.2) is 66.0 Å². The fourth-order valence-corrected chi connectivity index (χ4v) is 2.96. The number of hydrogen-bond acceptors (Lipinski definition) is 4. The van der Waals surface area contributed by atoms with Crippen molar-refractivity contribution in [1.29, 1.82) is 0 Å². The van der Waals surface area contributed by atoms with E-state index in [4.69, 9.17) is 4.74 Å². The highest BCUT2D eigenvalue weighted by atomic mass is 19.4. The van der Waals surface area contributed by atoms with Crippen molar-refractivity contribution in [2.45, 2.75) is 32.7 Å². The third-order valence-corrected chi connectivity index (χ3v) is 4.43. The minimum atomic E-state index is -4.43. The summed E-state index contributed by atoms with van der Waals surface area (Å²) < 4.78 is 44.2. The van der Waals surface area contributed by atoms with Crippen LogP contribution in [-0.2, 0) is 19.6 Å². The maximum atomic E-state index is 12.5. The number of aromatic nitrogens is 3. The van der Waals surface area contributed by atoms with Crippen LogP contribution >= 0.6 is 0 Å². The Hall–Kier alpha value is -3.56. The lowest BCUT2D eigenvalue weighted by atomic mass is 10.1. The number of nitrogens with one attached hydrogen (secondary N) is 2. The molecule has 2 N–H and O–H groups in total. The molecular weight excluding hydrogens is 421 g/mol. The number of ether oxygens (including phenoxy) is 1.